The van der Waals surface area contributed by atoms with Gasteiger partial charge < -0.3 is 0 Å². The molecule has 0 fully saturated rings. The lowest BCUT2D eigenvalue weighted by Gasteiger charge is -2.08. The van der Waals surface area contributed by atoms with Crippen LogP contribution >= 0.6 is 0 Å². The van der Waals surface area contributed by atoms with Crippen LogP contribution in [0, 0.1) is 34.1 Å². The van der Waals surface area contributed by atoms with Crippen molar-refractivity contribution in [1.82, 2.24) is 0 Å². The van der Waals surface area contributed by atoms with Crippen molar-refractivity contribution >= 4 is 11.4 Å². The van der Waals surface area contributed by atoms with E-state index in [0.29, 0.717) is 6.42 Å². The maximum atomic E-state index is 10.7. The van der Waals surface area contributed by atoms with Crippen LogP contribution in [0.1, 0.15) is 22.3 Å². The van der Waals surface area contributed by atoms with E-state index in [1.54, 1.807) is 12.1 Å². The molecule has 0 aliphatic heterocycles. The monoisotopic (exact) mass is 286 g/mol. The minimum Gasteiger partial charge on any atom is -0.258 e. The molecule has 21 heavy (non-hydrogen) atoms. The second-order valence-electron chi connectivity index (χ2n) is 4.91. The van der Waals surface area contributed by atoms with Gasteiger partial charge in [-0.05, 0) is 42.5 Å². The third kappa shape index (κ3) is 3.22. The number of non-ortho nitro benzene ring substituents is 2. The number of nitro benzene ring substituents is 2. The van der Waals surface area contributed by atoms with Crippen molar-refractivity contribution in [3.05, 3.63) is 78.9 Å². The highest BCUT2D eigenvalue weighted by molar-refractivity contribution is 5.45. The quantitative estimate of drug-likeness (QED) is 0.633. The Balaban J connectivity index is 2.30. The van der Waals surface area contributed by atoms with E-state index in [4.69, 9.17) is 0 Å². The first-order valence-corrected chi connectivity index (χ1v) is 6.36. The van der Waals surface area contributed by atoms with Gasteiger partial charge in [0.05, 0.1) is 9.85 Å². The van der Waals surface area contributed by atoms with E-state index in [0.717, 1.165) is 22.3 Å². The van der Waals surface area contributed by atoms with Gasteiger partial charge in [0, 0.05) is 24.3 Å². The van der Waals surface area contributed by atoms with Gasteiger partial charge in [-0.2, -0.15) is 0 Å². The van der Waals surface area contributed by atoms with Gasteiger partial charge in [-0.3, -0.25) is 20.2 Å². The largest absolute Gasteiger partial charge is 0.269 e. The van der Waals surface area contributed by atoms with Crippen LogP contribution in [0.2, 0.25) is 0 Å². The van der Waals surface area contributed by atoms with E-state index in [1.807, 2.05) is 13.8 Å². The number of hydrogen-bond donors (Lipinski definition) is 0. The predicted molar refractivity (Wildman–Crippen MR) is 78.5 cm³/mol. The molecular formula is C15H14N2O4. The molecule has 0 saturated heterocycles. The van der Waals surface area contributed by atoms with Crippen LogP contribution in [0.5, 0.6) is 0 Å². The van der Waals surface area contributed by atoms with Crippen LogP contribution in [0.15, 0.2) is 36.4 Å². The summed E-state index contributed by atoms with van der Waals surface area (Å²) in [6, 6.07) is 9.49. The molecule has 0 spiro atoms. The standard InChI is InChI=1S/C15H14N2O4/c1-10-7-14(16(18)19)5-3-12(10)9-13-4-6-15(17(20)21)8-11(13)2/h3-8H,9H2,1-2H3. The van der Waals surface area contributed by atoms with E-state index in [2.05, 4.69) is 0 Å². The van der Waals surface area contributed by atoms with Gasteiger partial charge in [0.25, 0.3) is 11.4 Å². The van der Waals surface area contributed by atoms with E-state index in [9.17, 15) is 20.2 Å². The zero-order valence-electron chi connectivity index (χ0n) is 11.7. The molecule has 0 N–H and O–H groups in total. The Labute approximate surface area is 121 Å². The van der Waals surface area contributed by atoms with Gasteiger partial charge in [0.1, 0.15) is 0 Å². The van der Waals surface area contributed by atoms with Crippen molar-refractivity contribution < 1.29 is 9.85 Å². The molecule has 6 heteroatoms. The molecule has 0 heterocycles. The molecule has 0 aromatic heterocycles. The number of hydrogen-bond acceptors (Lipinski definition) is 4. The van der Waals surface area contributed by atoms with Crippen LogP contribution in [-0.2, 0) is 6.42 Å². The molecule has 0 unspecified atom stereocenters. The van der Waals surface area contributed by atoms with E-state index < -0.39 is 9.85 Å². The van der Waals surface area contributed by atoms with Gasteiger partial charge in [-0.1, -0.05) is 12.1 Å². The SMILES string of the molecule is Cc1cc([N+](=O)[O-])ccc1Cc1ccc([N+](=O)[O-])cc1C. The van der Waals surface area contributed by atoms with Crippen LogP contribution in [-0.4, -0.2) is 9.85 Å². The van der Waals surface area contributed by atoms with Crippen molar-refractivity contribution in [2.75, 3.05) is 0 Å². The molecule has 108 valence electrons. The molecule has 0 bridgehead atoms. The van der Waals surface area contributed by atoms with Gasteiger partial charge in [0.2, 0.25) is 0 Å². The van der Waals surface area contributed by atoms with Crippen LogP contribution < -0.4 is 0 Å². The molecular weight excluding hydrogens is 272 g/mol. The summed E-state index contributed by atoms with van der Waals surface area (Å²) in [7, 11) is 0. The third-order valence-electron chi connectivity index (χ3n) is 3.45. The van der Waals surface area contributed by atoms with Crippen molar-refractivity contribution in [2.45, 2.75) is 20.3 Å². The highest BCUT2D eigenvalue weighted by Gasteiger charge is 2.11. The molecule has 0 amide bonds. The Hall–Kier alpha value is -2.76. The summed E-state index contributed by atoms with van der Waals surface area (Å²) < 4.78 is 0. The van der Waals surface area contributed by atoms with Gasteiger partial charge >= 0.3 is 0 Å². The Morgan fingerprint density at radius 1 is 0.810 bits per heavy atom. The average molecular weight is 286 g/mol. The summed E-state index contributed by atoms with van der Waals surface area (Å²) in [4.78, 5) is 20.6. The minimum absolute atomic E-state index is 0.0664. The molecule has 2 aromatic carbocycles. The lowest BCUT2D eigenvalue weighted by Crippen LogP contribution is -1.97. The highest BCUT2D eigenvalue weighted by Crippen LogP contribution is 2.23. The lowest BCUT2D eigenvalue weighted by molar-refractivity contribution is -0.385. The Kier molecular flexibility index (Phi) is 3.98. The lowest BCUT2D eigenvalue weighted by atomic mass is 9.97. The van der Waals surface area contributed by atoms with E-state index in [1.165, 1.54) is 24.3 Å². The molecule has 0 aliphatic rings. The predicted octanol–water partition coefficient (Wildman–Crippen LogP) is 3.71. The maximum Gasteiger partial charge on any atom is 0.269 e. The van der Waals surface area contributed by atoms with Gasteiger partial charge in [-0.25, -0.2) is 0 Å². The summed E-state index contributed by atoms with van der Waals surface area (Å²) in [5.74, 6) is 0. The molecule has 6 nitrogen and oxygen atoms in total. The number of benzene rings is 2. The first-order valence-electron chi connectivity index (χ1n) is 6.36. The number of rotatable bonds is 4. The second kappa shape index (κ2) is 5.70. The number of nitrogens with zero attached hydrogens (tertiary/aromatic N) is 2. The van der Waals surface area contributed by atoms with Crippen molar-refractivity contribution in [3.8, 4) is 0 Å². The van der Waals surface area contributed by atoms with Gasteiger partial charge in [0.15, 0.2) is 0 Å². The molecule has 2 aromatic rings. The molecule has 0 aliphatic carbocycles. The summed E-state index contributed by atoms with van der Waals surface area (Å²) >= 11 is 0. The maximum absolute atomic E-state index is 10.7. The second-order valence-corrected chi connectivity index (χ2v) is 4.91. The van der Waals surface area contributed by atoms with Gasteiger partial charge in [-0.15, -0.1) is 0 Å². The highest BCUT2D eigenvalue weighted by atomic mass is 16.6. The molecule has 0 atom stereocenters. The van der Waals surface area contributed by atoms with Crippen LogP contribution in [0.25, 0.3) is 0 Å². The smallest absolute Gasteiger partial charge is 0.258 e. The van der Waals surface area contributed by atoms with E-state index >= 15 is 0 Å². The normalized spacial score (nSPS) is 10.4. The summed E-state index contributed by atoms with van der Waals surface area (Å²) in [6.45, 7) is 3.64. The Morgan fingerprint density at radius 2 is 1.19 bits per heavy atom. The molecule has 0 radical (unpaired) electrons. The summed E-state index contributed by atoms with van der Waals surface area (Å²) in [5.41, 5.74) is 3.74. The van der Waals surface area contributed by atoms with Crippen molar-refractivity contribution in [3.63, 3.8) is 0 Å². The van der Waals surface area contributed by atoms with Crippen LogP contribution in [0.3, 0.4) is 0 Å². The fourth-order valence-electron chi connectivity index (χ4n) is 2.19. The number of aryl methyl sites for hydroxylation is 2. The first-order chi connectivity index (χ1) is 9.88. The molecule has 0 saturated carbocycles. The fraction of sp³-hybridized carbons (Fsp3) is 0.200. The summed E-state index contributed by atoms with van der Waals surface area (Å²) in [6.07, 6.45) is 0.591. The average Bonchev–Trinajstić information content (AvgIpc) is 2.42. The fourth-order valence-corrected chi connectivity index (χ4v) is 2.19. The summed E-state index contributed by atoms with van der Waals surface area (Å²) in [5, 5.41) is 21.4. The first kappa shape index (κ1) is 14.6. The van der Waals surface area contributed by atoms with Crippen molar-refractivity contribution in [2.24, 2.45) is 0 Å². The Morgan fingerprint density at radius 3 is 1.48 bits per heavy atom. The Bertz CT molecular complexity index is 664. The van der Waals surface area contributed by atoms with Crippen LogP contribution in [0.4, 0.5) is 11.4 Å². The third-order valence-corrected chi connectivity index (χ3v) is 3.45. The van der Waals surface area contributed by atoms with E-state index in [-0.39, 0.29) is 11.4 Å². The zero-order valence-corrected chi connectivity index (χ0v) is 11.7. The molecule has 2 rings (SSSR count). The zero-order chi connectivity index (χ0) is 15.6. The topological polar surface area (TPSA) is 86.3 Å². The van der Waals surface area contributed by atoms with Crippen molar-refractivity contribution in [1.29, 1.82) is 0 Å². The minimum atomic E-state index is -0.423. The number of nitro groups is 2.